The third-order valence-corrected chi connectivity index (χ3v) is 4.45. The highest BCUT2D eigenvalue weighted by molar-refractivity contribution is 5.77. The lowest BCUT2D eigenvalue weighted by atomic mass is 9.86. The van der Waals surface area contributed by atoms with Crippen molar-refractivity contribution in [3.63, 3.8) is 0 Å². The van der Waals surface area contributed by atoms with Crippen LogP contribution in [0.3, 0.4) is 0 Å². The zero-order valence-electron chi connectivity index (χ0n) is 13.9. The number of carbonyl (C=O) groups excluding carboxylic acids is 2. The fourth-order valence-corrected chi connectivity index (χ4v) is 3.10. The molecule has 1 amide bonds. The smallest absolute Gasteiger partial charge is 0.307 e. The van der Waals surface area contributed by atoms with Crippen molar-refractivity contribution in [1.29, 1.82) is 0 Å². The Balaban J connectivity index is 1.95. The van der Waals surface area contributed by atoms with Crippen molar-refractivity contribution in [3.05, 3.63) is 30.1 Å². The zero-order valence-corrected chi connectivity index (χ0v) is 13.9. The van der Waals surface area contributed by atoms with Gasteiger partial charge in [0.15, 0.2) is 0 Å². The number of esters is 1. The summed E-state index contributed by atoms with van der Waals surface area (Å²) in [6, 6.07) is 3.81. The van der Waals surface area contributed by atoms with Crippen LogP contribution in [-0.2, 0) is 20.9 Å². The highest BCUT2D eigenvalue weighted by atomic mass is 16.5. The molecule has 0 aliphatic heterocycles. The van der Waals surface area contributed by atoms with Gasteiger partial charge < -0.3 is 9.64 Å². The molecule has 0 bridgehead atoms. The van der Waals surface area contributed by atoms with E-state index in [1.54, 1.807) is 17.3 Å². The summed E-state index contributed by atoms with van der Waals surface area (Å²) in [6.45, 7) is 0.892. The van der Waals surface area contributed by atoms with Gasteiger partial charge in [-0.05, 0) is 30.4 Å². The second-order valence-electron chi connectivity index (χ2n) is 6.21. The number of nitrogens with zero attached hydrogens (tertiary/aromatic N) is 2. The Morgan fingerprint density at radius 3 is 2.74 bits per heavy atom. The summed E-state index contributed by atoms with van der Waals surface area (Å²) in [5, 5.41) is 0. The molecule has 0 saturated heterocycles. The summed E-state index contributed by atoms with van der Waals surface area (Å²) < 4.78 is 4.69. The standard InChI is InChI=1S/C18H26N2O3/c1-23-18(22)9-11-20(14-16-8-5-10-19-13-16)17(21)12-15-6-3-2-4-7-15/h5,8,10,13,15H,2-4,6-7,9,11-12,14H2,1H3. The van der Waals surface area contributed by atoms with E-state index >= 15 is 0 Å². The zero-order chi connectivity index (χ0) is 16.5. The largest absolute Gasteiger partial charge is 0.469 e. The number of aromatic nitrogens is 1. The van der Waals surface area contributed by atoms with Crippen LogP contribution in [0.4, 0.5) is 0 Å². The molecule has 0 atom stereocenters. The monoisotopic (exact) mass is 318 g/mol. The molecule has 1 aliphatic carbocycles. The minimum atomic E-state index is -0.286. The minimum Gasteiger partial charge on any atom is -0.469 e. The molecular weight excluding hydrogens is 292 g/mol. The van der Waals surface area contributed by atoms with Gasteiger partial charge in [0.1, 0.15) is 0 Å². The predicted molar refractivity (Wildman–Crippen MR) is 87.5 cm³/mol. The summed E-state index contributed by atoms with van der Waals surface area (Å²) in [6.07, 6.45) is 10.3. The van der Waals surface area contributed by atoms with Gasteiger partial charge in [0, 0.05) is 31.9 Å². The molecule has 1 aliphatic rings. The summed E-state index contributed by atoms with van der Waals surface area (Å²) in [4.78, 5) is 29.9. The molecule has 23 heavy (non-hydrogen) atoms. The Bertz CT molecular complexity index is 498. The van der Waals surface area contributed by atoms with E-state index in [1.165, 1.54) is 26.4 Å². The summed E-state index contributed by atoms with van der Waals surface area (Å²) >= 11 is 0. The van der Waals surface area contributed by atoms with Crippen LogP contribution in [0.2, 0.25) is 0 Å². The van der Waals surface area contributed by atoms with Crippen molar-refractivity contribution in [2.45, 2.75) is 51.5 Å². The molecule has 0 aromatic carbocycles. The van der Waals surface area contributed by atoms with Gasteiger partial charge in [0.2, 0.25) is 5.91 Å². The molecule has 0 radical (unpaired) electrons. The molecule has 1 fully saturated rings. The maximum absolute atomic E-state index is 12.7. The van der Waals surface area contributed by atoms with E-state index in [1.807, 2.05) is 12.1 Å². The van der Waals surface area contributed by atoms with Gasteiger partial charge in [-0.2, -0.15) is 0 Å². The molecule has 1 heterocycles. The van der Waals surface area contributed by atoms with Crippen molar-refractivity contribution in [2.75, 3.05) is 13.7 Å². The summed E-state index contributed by atoms with van der Waals surface area (Å²) in [5.74, 6) is 0.335. The maximum Gasteiger partial charge on any atom is 0.307 e. The second kappa shape index (κ2) is 9.28. The number of methoxy groups -OCH3 is 1. The van der Waals surface area contributed by atoms with Crippen LogP contribution in [-0.4, -0.2) is 35.4 Å². The average molecular weight is 318 g/mol. The first kappa shape index (κ1) is 17.4. The van der Waals surface area contributed by atoms with Gasteiger partial charge in [-0.25, -0.2) is 0 Å². The number of hydrogen-bond donors (Lipinski definition) is 0. The molecule has 1 saturated carbocycles. The number of hydrogen-bond acceptors (Lipinski definition) is 4. The van der Waals surface area contributed by atoms with E-state index < -0.39 is 0 Å². The Morgan fingerprint density at radius 1 is 1.30 bits per heavy atom. The number of amides is 1. The van der Waals surface area contributed by atoms with Gasteiger partial charge in [-0.1, -0.05) is 25.3 Å². The van der Waals surface area contributed by atoms with Crippen LogP contribution < -0.4 is 0 Å². The van der Waals surface area contributed by atoms with Crippen molar-refractivity contribution < 1.29 is 14.3 Å². The lowest BCUT2D eigenvalue weighted by Crippen LogP contribution is -2.34. The molecular formula is C18H26N2O3. The molecule has 1 aromatic rings. The molecule has 0 unspecified atom stereocenters. The molecule has 0 spiro atoms. The van der Waals surface area contributed by atoms with Crippen LogP contribution in [0.15, 0.2) is 24.5 Å². The fourth-order valence-electron chi connectivity index (χ4n) is 3.10. The number of rotatable bonds is 7. The second-order valence-corrected chi connectivity index (χ2v) is 6.21. The first-order chi connectivity index (χ1) is 11.2. The Morgan fingerprint density at radius 2 is 2.09 bits per heavy atom. The van der Waals surface area contributed by atoms with E-state index in [-0.39, 0.29) is 18.3 Å². The van der Waals surface area contributed by atoms with E-state index in [0.29, 0.717) is 25.4 Å². The number of carbonyl (C=O) groups is 2. The molecule has 0 N–H and O–H groups in total. The van der Waals surface area contributed by atoms with Gasteiger partial charge in [0.05, 0.1) is 13.5 Å². The van der Waals surface area contributed by atoms with E-state index in [4.69, 9.17) is 4.74 Å². The van der Waals surface area contributed by atoms with Crippen molar-refractivity contribution in [3.8, 4) is 0 Å². The first-order valence-corrected chi connectivity index (χ1v) is 8.42. The van der Waals surface area contributed by atoms with Gasteiger partial charge >= 0.3 is 5.97 Å². The highest BCUT2D eigenvalue weighted by Gasteiger charge is 2.22. The van der Waals surface area contributed by atoms with Gasteiger partial charge in [-0.3, -0.25) is 14.6 Å². The molecule has 126 valence electrons. The Hall–Kier alpha value is -1.91. The van der Waals surface area contributed by atoms with Crippen molar-refractivity contribution >= 4 is 11.9 Å². The topological polar surface area (TPSA) is 59.5 Å². The molecule has 5 heteroatoms. The van der Waals surface area contributed by atoms with Crippen LogP contribution in [0.25, 0.3) is 0 Å². The normalized spacial score (nSPS) is 15.2. The fraction of sp³-hybridized carbons (Fsp3) is 0.611. The molecule has 2 rings (SSSR count). The molecule has 1 aromatic heterocycles. The van der Waals surface area contributed by atoms with E-state index in [2.05, 4.69) is 4.98 Å². The van der Waals surface area contributed by atoms with Crippen LogP contribution >= 0.6 is 0 Å². The van der Waals surface area contributed by atoms with Crippen LogP contribution in [0.1, 0.15) is 50.5 Å². The Labute approximate surface area is 138 Å². The molecule has 5 nitrogen and oxygen atoms in total. The third-order valence-electron chi connectivity index (χ3n) is 4.45. The first-order valence-electron chi connectivity index (χ1n) is 8.42. The van der Waals surface area contributed by atoms with Gasteiger partial charge in [0.25, 0.3) is 0 Å². The minimum absolute atomic E-state index is 0.129. The average Bonchev–Trinajstić information content (AvgIpc) is 2.60. The van der Waals surface area contributed by atoms with Crippen molar-refractivity contribution in [2.24, 2.45) is 5.92 Å². The highest BCUT2D eigenvalue weighted by Crippen LogP contribution is 2.27. The summed E-state index contributed by atoms with van der Waals surface area (Å²) in [7, 11) is 1.37. The lowest BCUT2D eigenvalue weighted by Gasteiger charge is -2.26. The van der Waals surface area contributed by atoms with Crippen LogP contribution in [0.5, 0.6) is 0 Å². The van der Waals surface area contributed by atoms with E-state index in [9.17, 15) is 9.59 Å². The number of pyridine rings is 1. The van der Waals surface area contributed by atoms with Gasteiger partial charge in [-0.15, -0.1) is 0 Å². The summed E-state index contributed by atoms with van der Waals surface area (Å²) in [5.41, 5.74) is 0.981. The van der Waals surface area contributed by atoms with Crippen LogP contribution in [0, 0.1) is 5.92 Å². The quantitative estimate of drug-likeness (QED) is 0.725. The van der Waals surface area contributed by atoms with E-state index in [0.717, 1.165) is 18.4 Å². The maximum atomic E-state index is 12.7. The third kappa shape index (κ3) is 6.00. The predicted octanol–water partition coefficient (Wildman–Crippen LogP) is 2.94. The Kier molecular flexibility index (Phi) is 7.04. The SMILES string of the molecule is COC(=O)CCN(Cc1cccnc1)C(=O)CC1CCCCC1. The van der Waals surface area contributed by atoms with Crippen molar-refractivity contribution in [1.82, 2.24) is 9.88 Å². The number of ether oxygens (including phenoxy) is 1. The lowest BCUT2D eigenvalue weighted by molar-refractivity contribution is -0.142.